The molecule has 1 N–H and O–H groups in total. The van der Waals surface area contributed by atoms with Crippen LogP contribution >= 0.6 is 0 Å². The van der Waals surface area contributed by atoms with Gasteiger partial charge in [-0.15, -0.1) is 0 Å². The van der Waals surface area contributed by atoms with Crippen LogP contribution < -0.4 is 0 Å². The Morgan fingerprint density at radius 1 is 1.64 bits per heavy atom. The predicted molar refractivity (Wildman–Crippen MR) is 57.1 cm³/mol. The summed E-state index contributed by atoms with van der Waals surface area (Å²) in [5.74, 6) is -0.392. The monoisotopic (exact) mass is 194 g/mol. The van der Waals surface area contributed by atoms with Crippen LogP contribution in [0.1, 0.15) is 39.0 Å². The molecule has 1 aliphatic carbocycles. The van der Waals surface area contributed by atoms with Crippen molar-refractivity contribution in [2.24, 2.45) is 5.92 Å². The Kier molecular flexibility index (Phi) is 4.44. The van der Waals surface area contributed by atoms with Crippen molar-refractivity contribution in [2.75, 3.05) is 0 Å². The molecule has 0 fully saturated rings. The van der Waals surface area contributed by atoms with E-state index < -0.39 is 5.97 Å². The number of hydrogen-bond donors (Lipinski definition) is 1. The van der Waals surface area contributed by atoms with E-state index in [0.717, 1.165) is 25.7 Å². The summed E-state index contributed by atoms with van der Waals surface area (Å²) in [6.45, 7) is 2.11. The molecule has 0 saturated carbocycles. The van der Waals surface area contributed by atoms with Crippen molar-refractivity contribution in [3.63, 3.8) is 0 Å². The zero-order valence-corrected chi connectivity index (χ0v) is 8.70. The third kappa shape index (κ3) is 3.36. The molecule has 0 heterocycles. The zero-order valence-electron chi connectivity index (χ0n) is 8.70. The summed E-state index contributed by atoms with van der Waals surface area (Å²) in [4.78, 5) is 10.6. The molecule has 2 nitrogen and oxygen atoms in total. The number of allylic oxidation sites excluding steroid dienone is 4. The molecule has 0 spiro atoms. The summed E-state index contributed by atoms with van der Waals surface area (Å²) < 4.78 is 0. The minimum Gasteiger partial charge on any atom is -0.481 e. The second-order valence-electron chi connectivity index (χ2n) is 3.73. The van der Waals surface area contributed by atoms with Gasteiger partial charge < -0.3 is 5.11 Å². The Hall–Kier alpha value is -1.05. The highest BCUT2D eigenvalue weighted by Crippen LogP contribution is 2.31. The van der Waals surface area contributed by atoms with Gasteiger partial charge in [-0.25, -0.2) is 0 Å². The van der Waals surface area contributed by atoms with Crippen LogP contribution in [0.3, 0.4) is 0 Å². The van der Waals surface area contributed by atoms with Crippen LogP contribution in [0.4, 0.5) is 0 Å². The zero-order chi connectivity index (χ0) is 10.4. The number of hydrogen-bond acceptors (Lipinski definition) is 1. The van der Waals surface area contributed by atoms with Crippen LogP contribution in [0, 0.1) is 5.92 Å². The smallest absolute Gasteiger partial charge is 0.303 e. The van der Waals surface area contributed by atoms with Gasteiger partial charge in [-0.3, -0.25) is 4.79 Å². The molecule has 0 aromatic heterocycles. The highest BCUT2D eigenvalue weighted by molar-refractivity contribution is 5.67. The van der Waals surface area contributed by atoms with E-state index >= 15 is 0 Å². The van der Waals surface area contributed by atoms with Crippen LogP contribution in [0.15, 0.2) is 23.8 Å². The van der Waals surface area contributed by atoms with Crippen molar-refractivity contribution in [3.8, 4) is 0 Å². The molecule has 0 aromatic rings. The first-order chi connectivity index (χ1) is 6.74. The molecule has 0 unspecified atom stereocenters. The summed E-state index contributed by atoms with van der Waals surface area (Å²) in [6, 6.07) is 0. The lowest BCUT2D eigenvalue weighted by atomic mass is 9.95. The third-order valence-corrected chi connectivity index (χ3v) is 2.62. The predicted octanol–water partition coefficient (Wildman–Crippen LogP) is 3.15. The van der Waals surface area contributed by atoms with Gasteiger partial charge in [0.1, 0.15) is 0 Å². The van der Waals surface area contributed by atoms with Crippen molar-refractivity contribution in [1.82, 2.24) is 0 Å². The molecule has 0 saturated heterocycles. The maximum atomic E-state index is 10.6. The van der Waals surface area contributed by atoms with Gasteiger partial charge in [-0.1, -0.05) is 30.7 Å². The first-order valence-electron chi connectivity index (χ1n) is 5.29. The lowest BCUT2D eigenvalue weighted by Crippen LogP contribution is -2.06. The summed E-state index contributed by atoms with van der Waals surface area (Å²) in [5.41, 5.74) is 1.32. The van der Waals surface area contributed by atoms with E-state index in [1.54, 1.807) is 0 Å². The number of carboxylic acids is 1. The molecule has 0 bridgehead atoms. The fourth-order valence-electron chi connectivity index (χ4n) is 1.90. The van der Waals surface area contributed by atoms with Crippen molar-refractivity contribution < 1.29 is 9.90 Å². The van der Waals surface area contributed by atoms with E-state index in [0.29, 0.717) is 6.42 Å². The maximum Gasteiger partial charge on any atom is 0.303 e. The lowest BCUT2D eigenvalue weighted by molar-refractivity contribution is -0.137. The van der Waals surface area contributed by atoms with E-state index in [1.807, 2.05) is 0 Å². The number of aliphatic carboxylic acids is 1. The maximum absolute atomic E-state index is 10.6. The van der Waals surface area contributed by atoms with E-state index in [2.05, 4.69) is 25.2 Å². The largest absolute Gasteiger partial charge is 0.481 e. The molecule has 78 valence electrons. The van der Waals surface area contributed by atoms with E-state index in [4.69, 9.17) is 5.11 Å². The van der Waals surface area contributed by atoms with E-state index in [-0.39, 0.29) is 5.92 Å². The molecule has 1 atom stereocenters. The number of carbonyl (C=O) groups is 1. The van der Waals surface area contributed by atoms with Gasteiger partial charge in [0.15, 0.2) is 0 Å². The first-order valence-corrected chi connectivity index (χ1v) is 5.29. The number of carboxylic acid groups (broad SMARTS) is 1. The van der Waals surface area contributed by atoms with Crippen LogP contribution in [0.2, 0.25) is 0 Å². The second-order valence-corrected chi connectivity index (χ2v) is 3.73. The normalized spacial score (nSPS) is 21.5. The minimum atomic E-state index is -0.678. The first kappa shape index (κ1) is 11.0. The van der Waals surface area contributed by atoms with E-state index in [1.165, 1.54) is 5.57 Å². The molecule has 1 aliphatic rings. The Labute approximate surface area is 85.3 Å². The van der Waals surface area contributed by atoms with Crippen molar-refractivity contribution in [1.29, 1.82) is 0 Å². The fraction of sp³-hybridized carbons (Fsp3) is 0.583. The van der Waals surface area contributed by atoms with Gasteiger partial charge in [-0.05, 0) is 31.6 Å². The summed E-state index contributed by atoms with van der Waals surface area (Å²) in [7, 11) is 0. The summed E-state index contributed by atoms with van der Waals surface area (Å²) in [6.07, 6.45) is 10.8. The standard InChI is InChI=1S/C12H18O2/c1-2-3-4-6-10-7-5-8-11(10)9-12(13)14/h3-4,7,11H,2,5-6,8-9H2,1H3,(H,13,14)/t11-/m1/s1. The Balaban J connectivity index is 2.42. The van der Waals surface area contributed by atoms with Crippen molar-refractivity contribution >= 4 is 5.97 Å². The molecule has 2 heteroatoms. The van der Waals surface area contributed by atoms with Gasteiger partial charge >= 0.3 is 5.97 Å². The average Bonchev–Trinajstić information content (AvgIpc) is 2.52. The Morgan fingerprint density at radius 3 is 3.07 bits per heavy atom. The van der Waals surface area contributed by atoms with Gasteiger partial charge in [0, 0.05) is 0 Å². The van der Waals surface area contributed by atoms with Gasteiger partial charge in [0.25, 0.3) is 0 Å². The molecular weight excluding hydrogens is 176 g/mol. The van der Waals surface area contributed by atoms with Crippen LogP contribution in [-0.4, -0.2) is 11.1 Å². The van der Waals surface area contributed by atoms with Gasteiger partial charge in [0.05, 0.1) is 6.42 Å². The minimum absolute atomic E-state index is 0.286. The molecule has 1 rings (SSSR count). The Morgan fingerprint density at radius 2 is 2.43 bits per heavy atom. The quantitative estimate of drug-likeness (QED) is 0.682. The Bertz CT molecular complexity index is 251. The number of rotatable bonds is 5. The molecule has 0 aliphatic heterocycles. The van der Waals surface area contributed by atoms with E-state index in [9.17, 15) is 4.79 Å². The van der Waals surface area contributed by atoms with Gasteiger partial charge in [-0.2, -0.15) is 0 Å². The van der Waals surface area contributed by atoms with Crippen LogP contribution in [-0.2, 0) is 4.79 Å². The topological polar surface area (TPSA) is 37.3 Å². The lowest BCUT2D eigenvalue weighted by Gasteiger charge is -2.10. The summed E-state index contributed by atoms with van der Waals surface area (Å²) in [5, 5.41) is 8.72. The van der Waals surface area contributed by atoms with Crippen LogP contribution in [0.25, 0.3) is 0 Å². The summed E-state index contributed by atoms with van der Waals surface area (Å²) >= 11 is 0. The van der Waals surface area contributed by atoms with Crippen molar-refractivity contribution in [3.05, 3.63) is 23.8 Å². The average molecular weight is 194 g/mol. The third-order valence-electron chi connectivity index (χ3n) is 2.62. The highest BCUT2D eigenvalue weighted by Gasteiger charge is 2.20. The van der Waals surface area contributed by atoms with Crippen molar-refractivity contribution in [2.45, 2.75) is 39.0 Å². The molecule has 14 heavy (non-hydrogen) atoms. The molecule has 0 aromatic carbocycles. The van der Waals surface area contributed by atoms with Gasteiger partial charge in [0.2, 0.25) is 0 Å². The highest BCUT2D eigenvalue weighted by atomic mass is 16.4. The van der Waals surface area contributed by atoms with Crippen LogP contribution in [0.5, 0.6) is 0 Å². The molecule has 0 amide bonds. The molecule has 0 radical (unpaired) electrons. The second kappa shape index (κ2) is 5.63. The SMILES string of the molecule is CCC=CCC1=CCC[C@@H]1CC(=O)O. The molecular formula is C12H18O2. The fourth-order valence-corrected chi connectivity index (χ4v) is 1.90.